The number of nitrogens with zero attached hydrogens (tertiary/aromatic N) is 1. The van der Waals surface area contributed by atoms with Crippen LogP contribution in [0.3, 0.4) is 0 Å². The molecular formula is C45H67NO3S2. The molecule has 0 aromatic heterocycles. The summed E-state index contributed by atoms with van der Waals surface area (Å²) in [5, 5.41) is 36.7. The van der Waals surface area contributed by atoms with Crippen LogP contribution in [0.25, 0.3) is 0 Å². The smallest absolute Gasteiger partial charge is 0.0861 e. The Morgan fingerprint density at radius 2 is 1.65 bits per heavy atom. The van der Waals surface area contributed by atoms with Gasteiger partial charge < -0.3 is 15.3 Å². The molecule has 18 atom stereocenters. The highest BCUT2D eigenvalue weighted by molar-refractivity contribution is 8.76. The molecule has 3 N–H and O–H groups in total. The van der Waals surface area contributed by atoms with Crippen LogP contribution >= 0.6 is 21.6 Å². The molecule has 6 aliphatic carbocycles. The van der Waals surface area contributed by atoms with E-state index in [2.05, 4.69) is 70.7 Å². The number of rotatable bonds is 3. The molecule has 9 fully saturated rings. The number of piperidine rings is 2. The predicted octanol–water partition coefficient (Wildman–Crippen LogP) is 8.87. The molecule has 3 heterocycles. The molecule has 1 aromatic rings. The lowest BCUT2D eigenvalue weighted by molar-refractivity contribution is -0.230. The lowest BCUT2D eigenvalue weighted by Crippen LogP contribution is -2.73. The summed E-state index contributed by atoms with van der Waals surface area (Å²) in [6.07, 6.45) is 18.7. The van der Waals surface area contributed by atoms with Crippen LogP contribution in [0.15, 0.2) is 30.3 Å². The Morgan fingerprint density at radius 3 is 2.51 bits per heavy atom. The number of aliphatic hydroxyl groups excluding tert-OH is 2. The van der Waals surface area contributed by atoms with Crippen LogP contribution in [0.2, 0.25) is 0 Å². The standard InChI is InChI=1S/C45H67NO3S2/c1-27-10-13-40-45(49,30-9-6-16-44(23-30)18-14-29(22-44)19-28-7-4-3-5-8-28)36-12-11-32-33-21-39(48)37-20-31(47)15-17-43(37,2)42(33)35-25-50-51-26-38(27)46(40)24-34(36)41(32)35/h3-5,7-8,27,29-42,47-49H,6,9-26H2,1-2H3. The van der Waals surface area contributed by atoms with Crippen LogP contribution in [0.4, 0.5) is 0 Å². The maximum atomic E-state index is 14.1. The van der Waals surface area contributed by atoms with Crippen LogP contribution in [0, 0.1) is 75.9 Å². The number of aliphatic hydroxyl groups is 3. The summed E-state index contributed by atoms with van der Waals surface area (Å²) in [5.41, 5.74) is 1.49. The highest BCUT2D eigenvalue weighted by atomic mass is 33.1. The van der Waals surface area contributed by atoms with E-state index < -0.39 is 5.60 Å². The van der Waals surface area contributed by atoms with Crippen molar-refractivity contribution in [2.24, 2.45) is 75.9 Å². The molecule has 4 nitrogen and oxygen atoms in total. The van der Waals surface area contributed by atoms with Crippen molar-refractivity contribution in [3.05, 3.63) is 35.9 Å². The normalized spacial score (nSPS) is 55.2. The van der Waals surface area contributed by atoms with E-state index in [1.807, 2.05) is 0 Å². The minimum atomic E-state index is -0.576. The summed E-state index contributed by atoms with van der Waals surface area (Å²) >= 11 is 0. The van der Waals surface area contributed by atoms with E-state index in [0.717, 1.165) is 31.6 Å². The fourth-order valence-electron chi connectivity index (χ4n) is 16.8. The molecule has 10 rings (SSSR count). The quantitative estimate of drug-likeness (QED) is 0.270. The fourth-order valence-corrected chi connectivity index (χ4v) is 19.7. The summed E-state index contributed by atoms with van der Waals surface area (Å²) in [6, 6.07) is 12.2. The van der Waals surface area contributed by atoms with Gasteiger partial charge in [-0.1, -0.05) is 72.2 Å². The molecule has 0 amide bonds. The summed E-state index contributed by atoms with van der Waals surface area (Å²) in [4.78, 5) is 2.99. The number of hydrogen-bond acceptors (Lipinski definition) is 6. The third-order valence-corrected chi connectivity index (χ3v) is 21.2. The molecule has 18 unspecified atom stereocenters. The van der Waals surface area contributed by atoms with Gasteiger partial charge in [-0.25, -0.2) is 0 Å². The van der Waals surface area contributed by atoms with Crippen LogP contribution in [-0.4, -0.2) is 68.2 Å². The summed E-state index contributed by atoms with van der Waals surface area (Å²) in [5.74, 6) is 8.92. The van der Waals surface area contributed by atoms with Gasteiger partial charge in [-0.3, -0.25) is 4.90 Å². The van der Waals surface area contributed by atoms with Crippen LogP contribution in [-0.2, 0) is 6.42 Å². The fraction of sp³-hybridized carbons (Fsp3) is 0.867. The summed E-state index contributed by atoms with van der Waals surface area (Å²) in [7, 11) is 4.35. The van der Waals surface area contributed by atoms with Crippen molar-refractivity contribution in [2.75, 3.05) is 18.1 Å². The van der Waals surface area contributed by atoms with Gasteiger partial charge in [0.05, 0.1) is 17.8 Å². The Hall–Kier alpha value is -0.240. The highest BCUT2D eigenvalue weighted by Gasteiger charge is 2.70. The number of benzene rings is 1. The lowest BCUT2D eigenvalue weighted by atomic mass is 9.50. The molecule has 2 bridgehead atoms. The van der Waals surface area contributed by atoms with Crippen molar-refractivity contribution in [3.63, 3.8) is 0 Å². The van der Waals surface area contributed by atoms with Gasteiger partial charge in [0.1, 0.15) is 0 Å². The lowest BCUT2D eigenvalue weighted by Gasteiger charge is -2.66. The van der Waals surface area contributed by atoms with Gasteiger partial charge in [-0.2, -0.15) is 0 Å². The predicted molar refractivity (Wildman–Crippen MR) is 210 cm³/mol. The first-order chi connectivity index (χ1) is 24.7. The molecule has 3 saturated heterocycles. The minimum Gasteiger partial charge on any atom is -0.393 e. The zero-order chi connectivity index (χ0) is 34.7. The van der Waals surface area contributed by atoms with E-state index >= 15 is 0 Å². The van der Waals surface area contributed by atoms with Crippen LogP contribution in [0.1, 0.15) is 116 Å². The van der Waals surface area contributed by atoms with Gasteiger partial charge in [0.2, 0.25) is 0 Å². The van der Waals surface area contributed by atoms with Crippen LogP contribution < -0.4 is 0 Å². The zero-order valence-corrected chi connectivity index (χ0v) is 33.2. The van der Waals surface area contributed by atoms with Gasteiger partial charge in [0.25, 0.3) is 0 Å². The van der Waals surface area contributed by atoms with Crippen molar-refractivity contribution in [3.8, 4) is 0 Å². The second-order valence-corrected chi connectivity index (χ2v) is 23.2. The first-order valence-electron chi connectivity index (χ1n) is 21.8. The summed E-state index contributed by atoms with van der Waals surface area (Å²) < 4.78 is 0. The van der Waals surface area contributed by atoms with Crippen molar-refractivity contribution in [2.45, 2.75) is 146 Å². The second-order valence-electron chi connectivity index (χ2n) is 20.7. The topological polar surface area (TPSA) is 63.9 Å². The maximum absolute atomic E-state index is 14.1. The van der Waals surface area contributed by atoms with Crippen molar-refractivity contribution in [1.82, 2.24) is 4.90 Å². The minimum absolute atomic E-state index is 0.124. The molecule has 6 heteroatoms. The van der Waals surface area contributed by atoms with Crippen molar-refractivity contribution < 1.29 is 15.3 Å². The Balaban J connectivity index is 1.00. The van der Waals surface area contributed by atoms with Gasteiger partial charge in [0.15, 0.2) is 0 Å². The number of fused-ring (bicyclic) bond motifs is 5. The SMILES string of the molecule is CC1CCC2N3CC4C5C(CCC4C2(O)C2CCCC4(CCC(Cc6ccccc6)C4)C2)C2CC(O)C4CC(O)CCC4(C)C2C5CSSCC13. The van der Waals surface area contributed by atoms with E-state index in [-0.39, 0.29) is 23.5 Å². The van der Waals surface area contributed by atoms with Crippen LogP contribution in [0.5, 0.6) is 0 Å². The molecule has 1 aromatic carbocycles. The maximum Gasteiger partial charge on any atom is 0.0861 e. The average molecular weight is 734 g/mol. The molecule has 51 heavy (non-hydrogen) atoms. The zero-order valence-electron chi connectivity index (χ0n) is 31.6. The molecular weight excluding hydrogens is 667 g/mol. The Bertz CT molecular complexity index is 1430. The second kappa shape index (κ2) is 13.2. The Labute approximate surface area is 316 Å². The number of hydrogen-bond donors (Lipinski definition) is 3. The third-order valence-electron chi connectivity index (χ3n) is 18.7. The Kier molecular flexibility index (Phi) is 9.09. The monoisotopic (exact) mass is 733 g/mol. The van der Waals surface area contributed by atoms with E-state index in [0.29, 0.717) is 70.8 Å². The van der Waals surface area contributed by atoms with Gasteiger partial charge in [-0.05, 0) is 178 Å². The third kappa shape index (κ3) is 5.49. The van der Waals surface area contributed by atoms with Crippen molar-refractivity contribution in [1.29, 1.82) is 0 Å². The van der Waals surface area contributed by atoms with Gasteiger partial charge in [-0.15, -0.1) is 0 Å². The van der Waals surface area contributed by atoms with E-state index in [4.69, 9.17) is 0 Å². The molecule has 6 saturated carbocycles. The highest BCUT2D eigenvalue weighted by Crippen LogP contribution is 2.71. The van der Waals surface area contributed by atoms with E-state index in [9.17, 15) is 15.3 Å². The largest absolute Gasteiger partial charge is 0.393 e. The average Bonchev–Trinajstić information content (AvgIpc) is 3.66. The Morgan fingerprint density at radius 1 is 0.804 bits per heavy atom. The van der Waals surface area contributed by atoms with E-state index in [1.165, 1.54) is 101 Å². The molecule has 9 aliphatic rings. The molecule has 3 aliphatic heterocycles. The van der Waals surface area contributed by atoms with Crippen molar-refractivity contribution >= 4 is 21.6 Å². The summed E-state index contributed by atoms with van der Waals surface area (Å²) in [6.45, 7) is 6.30. The molecule has 0 radical (unpaired) electrons. The molecule has 282 valence electrons. The van der Waals surface area contributed by atoms with Gasteiger partial charge in [0, 0.05) is 30.1 Å². The van der Waals surface area contributed by atoms with Gasteiger partial charge >= 0.3 is 0 Å². The molecule has 1 spiro atoms. The van der Waals surface area contributed by atoms with E-state index in [1.54, 1.807) is 0 Å². The first kappa shape index (κ1) is 35.2. The first-order valence-corrected chi connectivity index (χ1v) is 24.3.